The maximum atomic E-state index is 11.9. The molecule has 0 spiro atoms. The summed E-state index contributed by atoms with van der Waals surface area (Å²) < 4.78 is 4.11. The molecule has 0 aromatic carbocycles. The van der Waals surface area contributed by atoms with Crippen LogP contribution in [0.25, 0.3) is 0 Å². The maximum absolute atomic E-state index is 11.9. The number of rotatable bonds is 8. The van der Waals surface area contributed by atoms with Crippen LogP contribution in [0.2, 0.25) is 0 Å². The minimum Gasteiger partial charge on any atom is -0.356 e. The van der Waals surface area contributed by atoms with Crippen molar-refractivity contribution in [3.8, 4) is 0 Å². The van der Waals surface area contributed by atoms with Gasteiger partial charge in [-0.3, -0.25) is 19.1 Å². The van der Waals surface area contributed by atoms with E-state index in [0.717, 1.165) is 39.1 Å². The van der Waals surface area contributed by atoms with Crippen LogP contribution in [-0.4, -0.2) is 43.5 Å². The summed E-state index contributed by atoms with van der Waals surface area (Å²) in [6, 6.07) is 2.40. The lowest BCUT2D eigenvalue weighted by atomic mass is 10.1. The van der Waals surface area contributed by atoms with Crippen LogP contribution >= 0.6 is 0 Å². The Morgan fingerprint density at radius 1 is 1.35 bits per heavy atom. The first kappa shape index (κ1) is 17.3. The summed E-state index contributed by atoms with van der Waals surface area (Å²) in [5.41, 5.74) is 2.49. The monoisotopic (exact) mass is 356 g/mol. The molecule has 140 valence electrons. The Hall–Kier alpha value is -2.15. The third-order valence-electron chi connectivity index (χ3n) is 5.34. The van der Waals surface area contributed by atoms with Crippen molar-refractivity contribution < 1.29 is 4.79 Å². The van der Waals surface area contributed by atoms with E-state index in [1.54, 1.807) is 0 Å². The Morgan fingerprint density at radius 2 is 2.23 bits per heavy atom. The fourth-order valence-electron chi connectivity index (χ4n) is 3.75. The first-order valence-electron chi connectivity index (χ1n) is 9.74. The number of carbonyl (C=O) groups excluding carboxylic acids is 1. The van der Waals surface area contributed by atoms with Crippen molar-refractivity contribution >= 4 is 5.91 Å². The number of nitrogens with zero attached hydrogens (tertiary/aromatic N) is 5. The lowest BCUT2D eigenvalue weighted by Gasteiger charge is -2.33. The third-order valence-corrected chi connectivity index (χ3v) is 5.34. The van der Waals surface area contributed by atoms with Gasteiger partial charge in [-0.15, -0.1) is 0 Å². The topological polar surface area (TPSA) is 68.0 Å². The molecule has 1 aliphatic carbocycles. The molecular weight excluding hydrogens is 328 g/mol. The molecule has 26 heavy (non-hydrogen) atoms. The van der Waals surface area contributed by atoms with Crippen molar-refractivity contribution in [2.45, 2.75) is 58.3 Å². The standard InChI is InChI=1S/C19H28N6O/c1-2-24-12-16(10-22-24)11-23-13-17(25-18(14-23)6-8-21-25)5-7-20-19(26)9-15-3-4-15/h6,8,10,12,15,17H,2-5,7,9,11,13-14H2,1H3,(H,20,26). The smallest absolute Gasteiger partial charge is 0.220 e. The quantitative estimate of drug-likeness (QED) is 0.785. The van der Waals surface area contributed by atoms with E-state index in [4.69, 9.17) is 0 Å². The Kier molecular flexibility index (Phi) is 5.06. The first-order chi connectivity index (χ1) is 12.7. The summed E-state index contributed by atoms with van der Waals surface area (Å²) in [5, 5.41) is 12.0. The summed E-state index contributed by atoms with van der Waals surface area (Å²) >= 11 is 0. The number of fused-ring (bicyclic) bond motifs is 1. The SMILES string of the molecule is CCn1cc(CN2Cc3ccnn3C(CCNC(=O)CC3CC3)C2)cn1. The first-order valence-corrected chi connectivity index (χ1v) is 9.74. The van der Waals surface area contributed by atoms with Crippen LogP contribution in [0.15, 0.2) is 24.7 Å². The molecule has 2 aromatic rings. The average Bonchev–Trinajstić information content (AvgIpc) is 3.12. The van der Waals surface area contributed by atoms with Crippen molar-refractivity contribution in [2.24, 2.45) is 5.92 Å². The van der Waals surface area contributed by atoms with E-state index < -0.39 is 0 Å². The number of amides is 1. The third kappa shape index (κ3) is 4.15. The Bertz CT molecular complexity index is 747. The highest BCUT2D eigenvalue weighted by atomic mass is 16.1. The number of aromatic nitrogens is 4. The molecule has 1 atom stereocenters. The number of hydrogen-bond acceptors (Lipinski definition) is 4. The fourth-order valence-corrected chi connectivity index (χ4v) is 3.75. The van der Waals surface area contributed by atoms with Crippen molar-refractivity contribution in [3.05, 3.63) is 35.9 Å². The molecule has 3 heterocycles. The van der Waals surface area contributed by atoms with Gasteiger partial charge in [-0.2, -0.15) is 10.2 Å². The van der Waals surface area contributed by atoms with Gasteiger partial charge < -0.3 is 5.32 Å². The highest BCUT2D eigenvalue weighted by Gasteiger charge is 2.27. The molecule has 2 aliphatic rings. The zero-order chi connectivity index (χ0) is 17.9. The number of carbonyl (C=O) groups is 1. The molecular formula is C19H28N6O. The predicted molar refractivity (Wildman–Crippen MR) is 98.2 cm³/mol. The second kappa shape index (κ2) is 7.61. The van der Waals surface area contributed by atoms with E-state index in [-0.39, 0.29) is 5.91 Å². The molecule has 7 heteroatoms. The van der Waals surface area contributed by atoms with Crippen LogP contribution in [0.1, 0.15) is 49.9 Å². The van der Waals surface area contributed by atoms with Crippen LogP contribution < -0.4 is 5.32 Å². The fraction of sp³-hybridized carbons (Fsp3) is 0.632. The largest absolute Gasteiger partial charge is 0.356 e. The van der Waals surface area contributed by atoms with Gasteiger partial charge in [-0.05, 0) is 38.2 Å². The molecule has 7 nitrogen and oxygen atoms in total. The van der Waals surface area contributed by atoms with Crippen molar-refractivity contribution in [1.82, 2.24) is 29.8 Å². The summed E-state index contributed by atoms with van der Waals surface area (Å²) in [7, 11) is 0. The second-order valence-corrected chi connectivity index (χ2v) is 7.58. The Labute approximate surface area is 154 Å². The van der Waals surface area contributed by atoms with Crippen LogP contribution in [0, 0.1) is 5.92 Å². The number of hydrogen-bond donors (Lipinski definition) is 1. The van der Waals surface area contributed by atoms with E-state index in [2.05, 4.69) is 44.3 Å². The van der Waals surface area contributed by atoms with E-state index in [9.17, 15) is 4.79 Å². The zero-order valence-electron chi connectivity index (χ0n) is 15.5. The number of aryl methyl sites for hydroxylation is 1. The van der Waals surface area contributed by atoms with Gasteiger partial charge in [-0.25, -0.2) is 0 Å². The minimum atomic E-state index is 0.202. The predicted octanol–water partition coefficient (Wildman–Crippen LogP) is 1.96. The van der Waals surface area contributed by atoms with Gasteiger partial charge in [0.15, 0.2) is 0 Å². The Balaban J connectivity index is 1.33. The maximum Gasteiger partial charge on any atom is 0.220 e. The summed E-state index contributed by atoms with van der Waals surface area (Å²) in [4.78, 5) is 14.4. The molecule has 2 aromatic heterocycles. The van der Waals surface area contributed by atoms with Gasteiger partial charge in [0, 0.05) is 57.1 Å². The summed E-state index contributed by atoms with van der Waals surface area (Å²) in [6.45, 7) is 6.47. The molecule has 0 radical (unpaired) electrons. The normalized spacial score (nSPS) is 20.1. The van der Waals surface area contributed by atoms with Gasteiger partial charge in [0.05, 0.1) is 17.9 Å². The lowest BCUT2D eigenvalue weighted by Crippen LogP contribution is -2.38. The summed E-state index contributed by atoms with van der Waals surface area (Å²) in [5.74, 6) is 0.842. The summed E-state index contributed by atoms with van der Waals surface area (Å²) in [6.07, 6.45) is 10.0. The van der Waals surface area contributed by atoms with Crippen LogP contribution in [-0.2, 0) is 24.4 Å². The number of nitrogens with one attached hydrogen (secondary N) is 1. The van der Waals surface area contributed by atoms with E-state index in [1.807, 2.05) is 17.1 Å². The molecule has 1 fully saturated rings. The molecule has 4 rings (SSSR count). The van der Waals surface area contributed by atoms with E-state index >= 15 is 0 Å². The minimum absolute atomic E-state index is 0.202. The van der Waals surface area contributed by atoms with E-state index in [0.29, 0.717) is 18.4 Å². The molecule has 0 saturated heterocycles. The van der Waals surface area contributed by atoms with Crippen LogP contribution in [0.3, 0.4) is 0 Å². The highest BCUT2D eigenvalue weighted by molar-refractivity contribution is 5.76. The highest BCUT2D eigenvalue weighted by Crippen LogP contribution is 2.32. The van der Waals surface area contributed by atoms with Gasteiger partial charge in [-0.1, -0.05) is 0 Å². The lowest BCUT2D eigenvalue weighted by molar-refractivity contribution is -0.121. The van der Waals surface area contributed by atoms with Gasteiger partial charge in [0.1, 0.15) is 0 Å². The zero-order valence-corrected chi connectivity index (χ0v) is 15.5. The van der Waals surface area contributed by atoms with Crippen LogP contribution in [0.4, 0.5) is 0 Å². The molecule has 1 N–H and O–H groups in total. The Morgan fingerprint density at radius 3 is 3.00 bits per heavy atom. The molecule has 1 aliphatic heterocycles. The molecule has 1 unspecified atom stereocenters. The van der Waals surface area contributed by atoms with Gasteiger partial charge >= 0.3 is 0 Å². The second-order valence-electron chi connectivity index (χ2n) is 7.58. The van der Waals surface area contributed by atoms with Crippen molar-refractivity contribution in [3.63, 3.8) is 0 Å². The average molecular weight is 356 g/mol. The molecule has 0 bridgehead atoms. The van der Waals surface area contributed by atoms with E-state index in [1.165, 1.54) is 24.1 Å². The van der Waals surface area contributed by atoms with Gasteiger partial charge in [0.2, 0.25) is 5.91 Å². The van der Waals surface area contributed by atoms with Crippen molar-refractivity contribution in [2.75, 3.05) is 13.1 Å². The van der Waals surface area contributed by atoms with Crippen molar-refractivity contribution in [1.29, 1.82) is 0 Å². The van der Waals surface area contributed by atoms with Gasteiger partial charge in [0.25, 0.3) is 0 Å². The molecule has 1 saturated carbocycles. The molecule has 1 amide bonds. The van der Waals surface area contributed by atoms with Crippen LogP contribution in [0.5, 0.6) is 0 Å².